The van der Waals surface area contributed by atoms with Crippen LogP contribution in [0.25, 0.3) is 0 Å². The molecule has 0 bridgehead atoms. The summed E-state index contributed by atoms with van der Waals surface area (Å²) in [5, 5.41) is 11.5. The van der Waals surface area contributed by atoms with E-state index >= 15 is 0 Å². The quantitative estimate of drug-likeness (QED) is 0.496. The lowest BCUT2D eigenvalue weighted by Gasteiger charge is -2.15. The first-order chi connectivity index (χ1) is 12.7. The fourth-order valence-corrected chi connectivity index (χ4v) is 3.63. The van der Waals surface area contributed by atoms with Crippen molar-refractivity contribution in [2.45, 2.75) is 51.9 Å². The lowest BCUT2D eigenvalue weighted by atomic mass is 9.97. The highest BCUT2D eigenvalue weighted by atomic mass is 32.1. The van der Waals surface area contributed by atoms with E-state index in [0.717, 1.165) is 22.6 Å². The van der Waals surface area contributed by atoms with Crippen molar-refractivity contribution in [3.8, 4) is 11.5 Å². The Morgan fingerprint density at radius 1 is 1.12 bits per heavy atom. The summed E-state index contributed by atoms with van der Waals surface area (Å²) in [6.07, 6.45) is 5.06. The minimum Gasteiger partial charge on any atom is -0.490 e. The van der Waals surface area contributed by atoms with Gasteiger partial charge in [-0.15, -0.1) is 11.3 Å². The van der Waals surface area contributed by atoms with Crippen molar-refractivity contribution < 1.29 is 19.4 Å². The van der Waals surface area contributed by atoms with Gasteiger partial charge in [0.1, 0.15) is 0 Å². The number of rotatable bonds is 12. The third-order valence-electron chi connectivity index (χ3n) is 4.19. The molecule has 0 radical (unpaired) electrons. The molecule has 142 valence electrons. The molecule has 0 spiro atoms. The summed E-state index contributed by atoms with van der Waals surface area (Å²) < 4.78 is 11.6. The van der Waals surface area contributed by atoms with Crippen LogP contribution in [0.4, 0.5) is 0 Å². The molecule has 4 nitrogen and oxygen atoms in total. The molecule has 1 N–H and O–H groups in total. The second-order valence-corrected chi connectivity index (χ2v) is 7.21. The maximum atomic E-state index is 11.7. The number of unbranched alkanes of at least 4 members (excludes halogenated alkanes) is 3. The Bertz CT molecular complexity index is 667. The standard InChI is InChI=1S/C21H28O4S/c1-3-5-6-7-12-25-18-11-10-16(15-19(18)24-4-2)14-17(21(22)23)20-9-8-13-26-20/h8-11,13,15,17H,3-7,12,14H2,1-2H3,(H,22,23). The first kappa shape index (κ1) is 20.3. The number of carboxylic acid groups (broad SMARTS) is 1. The summed E-state index contributed by atoms with van der Waals surface area (Å²) in [5.41, 5.74) is 0.938. The normalized spacial score (nSPS) is 11.9. The molecular weight excluding hydrogens is 348 g/mol. The zero-order chi connectivity index (χ0) is 18.8. The molecule has 2 rings (SSSR count). The summed E-state index contributed by atoms with van der Waals surface area (Å²) in [6.45, 7) is 5.34. The molecule has 0 aliphatic heterocycles. The number of ether oxygens (including phenoxy) is 2. The molecule has 1 heterocycles. The van der Waals surface area contributed by atoms with Gasteiger partial charge in [-0.1, -0.05) is 38.3 Å². The Kier molecular flexibility index (Phi) is 8.48. The van der Waals surface area contributed by atoms with Crippen LogP contribution in [0.3, 0.4) is 0 Å². The molecule has 0 aliphatic carbocycles. The van der Waals surface area contributed by atoms with Crippen LogP contribution in [0, 0.1) is 0 Å². The number of hydrogen-bond acceptors (Lipinski definition) is 4. The third-order valence-corrected chi connectivity index (χ3v) is 5.17. The molecule has 5 heteroatoms. The van der Waals surface area contributed by atoms with Crippen molar-refractivity contribution in [2.75, 3.05) is 13.2 Å². The molecule has 1 atom stereocenters. The van der Waals surface area contributed by atoms with Gasteiger partial charge in [0.15, 0.2) is 11.5 Å². The van der Waals surface area contributed by atoms with E-state index in [0.29, 0.717) is 25.4 Å². The van der Waals surface area contributed by atoms with E-state index in [1.807, 2.05) is 42.6 Å². The van der Waals surface area contributed by atoms with Gasteiger partial charge in [0.05, 0.1) is 19.1 Å². The van der Waals surface area contributed by atoms with E-state index < -0.39 is 11.9 Å². The van der Waals surface area contributed by atoms with Crippen LogP contribution in [0.2, 0.25) is 0 Å². The maximum absolute atomic E-state index is 11.7. The fourth-order valence-electron chi connectivity index (χ4n) is 2.81. The Morgan fingerprint density at radius 2 is 1.96 bits per heavy atom. The van der Waals surface area contributed by atoms with Crippen LogP contribution < -0.4 is 9.47 Å². The first-order valence-electron chi connectivity index (χ1n) is 9.30. The Hall–Kier alpha value is -2.01. The molecule has 0 fully saturated rings. The fraction of sp³-hybridized carbons (Fsp3) is 0.476. The van der Waals surface area contributed by atoms with Crippen LogP contribution >= 0.6 is 11.3 Å². The molecule has 0 amide bonds. The van der Waals surface area contributed by atoms with Gasteiger partial charge in [-0.3, -0.25) is 4.79 Å². The number of hydrogen-bond donors (Lipinski definition) is 1. The maximum Gasteiger partial charge on any atom is 0.312 e. The van der Waals surface area contributed by atoms with E-state index in [-0.39, 0.29) is 0 Å². The zero-order valence-corrected chi connectivity index (χ0v) is 16.4. The van der Waals surface area contributed by atoms with Crippen molar-refractivity contribution in [2.24, 2.45) is 0 Å². The molecular formula is C21H28O4S. The topological polar surface area (TPSA) is 55.8 Å². The predicted molar refractivity (Wildman–Crippen MR) is 106 cm³/mol. The van der Waals surface area contributed by atoms with Crippen molar-refractivity contribution in [1.29, 1.82) is 0 Å². The summed E-state index contributed by atoms with van der Waals surface area (Å²) in [4.78, 5) is 12.5. The second kappa shape index (κ2) is 10.9. The molecule has 1 aromatic carbocycles. The molecule has 1 unspecified atom stereocenters. The smallest absolute Gasteiger partial charge is 0.312 e. The third kappa shape index (κ3) is 6.06. The van der Waals surface area contributed by atoms with Crippen LogP contribution in [0.5, 0.6) is 11.5 Å². The molecule has 0 saturated heterocycles. The van der Waals surface area contributed by atoms with Gasteiger partial charge in [-0.05, 0) is 48.9 Å². The van der Waals surface area contributed by atoms with Gasteiger partial charge in [-0.2, -0.15) is 0 Å². The molecule has 2 aromatic rings. The Labute approximate surface area is 159 Å². The average molecular weight is 377 g/mol. The van der Waals surface area contributed by atoms with E-state index in [4.69, 9.17) is 9.47 Å². The number of aliphatic carboxylic acids is 1. The van der Waals surface area contributed by atoms with Crippen LogP contribution in [0.1, 0.15) is 55.9 Å². The number of carboxylic acids is 1. The van der Waals surface area contributed by atoms with E-state index in [1.165, 1.54) is 30.6 Å². The van der Waals surface area contributed by atoms with Gasteiger partial charge in [0.2, 0.25) is 0 Å². The molecule has 26 heavy (non-hydrogen) atoms. The van der Waals surface area contributed by atoms with E-state index in [2.05, 4.69) is 6.92 Å². The van der Waals surface area contributed by atoms with Crippen molar-refractivity contribution in [3.05, 3.63) is 46.2 Å². The zero-order valence-electron chi connectivity index (χ0n) is 15.6. The molecule has 1 aromatic heterocycles. The minimum atomic E-state index is -0.804. The summed E-state index contributed by atoms with van der Waals surface area (Å²) in [6, 6.07) is 9.51. The highest BCUT2D eigenvalue weighted by molar-refractivity contribution is 7.10. The Balaban J connectivity index is 2.07. The van der Waals surface area contributed by atoms with E-state index in [1.54, 1.807) is 0 Å². The SMILES string of the molecule is CCCCCCOc1ccc(CC(C(=O)O)c2cccs2)cc1OCC. The highest BCUT2D eigenvalue weighted by Gasteiger charge is 2.22. The van der Waals surface area contributed by atoms with Crippen molar-refractivity contribution in [1.82, 2.24) is 0 Å². The van der Waals surface area contributed by atoms with Crippen molar-refractivity contribution in [3.63, 3.8) is 0 Å². The number of carbonyl (C=O) groups is 1. The van der Waals surface area contributed by atoms with Crippen LogP contribution in [0.15, 0.2) is 35.7 Å². The first-order valence-corrected chi connectivity index (χ1v) is 10.2. The van der Waals surface area contributed by atoms with E-state index in [9.17, 15) is 9.90 Å². The molecule has 0 saturated carbocycles. The summed E-state index contributed by atoms with van der Waals surface area (Å²) >= 11 is 1.48. The van der Waals surface area contributed by atoms with Crippen molar-refractivity contribution >= 4 is 17.3 Å². The lowest BCUT2D eigenvalue weighted by molar-refractivity contribution is -0.138. The monoisotopic (exact) mass is 376 g/mol. The summed E-state index contributed by atoms with van der Waals surface area (Å²) in [5.74, 6) is 0.0813. The van der Waals surface area contributed by atoms with Gasteiger partial charge in [0, 0.05) is 4.88 Å². The number of benzene rings is 1. The minimum absolute atomic E-state index is 0.437. The highest BCUT2D eigenvalue weighted by Crippen LogP contribution is 2.32. The summed E-state index contributed by atoms with van der Waals surface area (Å²) in [7, 11) is 0. The lowest BCUT2D eigenvalue weighted by Crippen LogP contribution is -2.13. The Morgan fingerprint density at radius 3 is 2.62 bits per heavy atom. The second-order valence-electron chi connectivity index (χ2n) is 6.23. The van der Waals surface area contributed by atoms with Crippen LogP contribution in [-0.4, -0.2) is 24.3 Å². The molecule has 0 aliphatic rings. The van der Waals surface area contributed by atoms with Gasteiger partial charge in [-0.25, -0.2) is 0 Å². The largest absolute Gasteiger partial charge is 0.490 e. The van der Waals surface area contributed by atoms with Crippen LogP contribution in [-0.2, 0) is 11.2 Å². The van der Waals surface area contributed by atoms with Gasteiger partial charge >= 0.3 is 5.97 Å². The van der Waals surface area contributed by atoms with Gasteiger partial charge < -0.3 is 14.6 Å². The predicted octanol–water partition coefficient (Wildman–Crippen LogP) is 5.52. The average Bonchev–Trinajstić information content (AvgIpc) is 3.15. The van der Waals surface area contributed by atoms with Gasteiger partial charge in [0.25, 0.3) is 0 Å². The number of thiophene rings is 1.